The van der Waals surface area contributed by atoms with Crippen molar-refractivity contribution in [2.24, 2.45) is 0 Å². The third-order valence-electron chi connectivity index (χ3n) is 4.67. The number of nitrogens with one attached hydrogen (secondary N) is 1. The van der Waals surface area contributed by atoms with E-state index in [1.165, 1.54) is 11.1 Å². The maximum atomic E-state index is 12.2. The molecule has 5 heteroatoms. The third-order valence-corrected chi connectivity index (χ3v) is 4.67. The highest BCUT2D eigenvalue weighted by Crippen LogP contribution is 2.19. The molecule has 1 heterocycles. The van der Waals surface area contributed by atoms with Crippen LogP contribution in [0.25, 0.3) is 0 Å². The van der Waals surface area contributed by atoms with E-state index in [1.807, 2.05) is 27.9 Å². The van der Waals surface area contributed by atoms with Crippen LogP contribution >= 0.6 is 0 Å². The van der Waals surface area contributed by atoms with Crippen molar-refractivity contribution in [3.8, 4) is 0 Å². The van der Waals surface area contributed by atoms with Gasteiger partial charge in [0, 0.05) is 18.5 Å². The normalized spacial score (nSPS) is 12.4. The Morgan fingerprint density at radius 3 is 2.44 bits per heavy atom. The summed E-state index contributed by atoms with van der Waals surface area (Å²) in [4.78, 5) is 14.4. The lowest BCUT2D eigenvalue weighted by Gasteiger charge is -2.25. The number of aromatic nitrogens is 1. The summed E-state index contributed by atoms with van der Waals surface area (Å²) in [6.07, 6.45) is 2.13. The number of aryl methyl sites for hydroxylation is 3. The van der Waals surface area contributed by atoms with E-state index in [4.69, 9.17) is 4.52 Å². The third kappa shape index (κ3) is 5.16. The molecular weight excluding hydrogens is 314 g/mol. The number of likely N-dealkylation sites (N-methyl/N-ethyl adjacent to an activating group) is 1. The minimum Gasteiger partial charge on any atom is -0.361 e. The molecule has 0 spiro atoms. The quantitative estimate of drug-likeness (QED) is 0.800. The van der Waals surface area contributed by atoms with Gasteiger partial charge < -0.3 is 14.7 Å². The fourth-order valence-electron chi connectivity index (χ4n) is 2.97. The zero-order valence-corrected chi connectivity index (χ0v) is 15.9. The molecule has 1 amide bonds. The summed E-state index contributed by atoms with van der Waals surface area (Å²) in [6.45, 7) is 6.54. The van der Waals surface area contributed by atoms with Crippen molar-refractivity contribution >= 4 is 5.91 Å². The number of nitrogens with zero attached hydrogens (tertiary/aromatic N) is 2. The SMILES string of the molecule is CCc1ccc(C(CNC(=O)CCc2c(C)noc2C)N(C)C)cc1. The molecule has 0 aliphatic heterocycles. The van der Waals surface area contributed by atoms with Gasteiger partial charge in [0.15, 0.2) is 0 Å². The monoisotopic (exact) mass is 343 g/mol. The van der Waals surface area contributed by atoms with Crippen LogP contribution in [0.4, 0.5) is 0 Å². The van der Waals surface area contributed by atoms with Crippen molar-refractivity contribution in [1.29, 1.82) is 0 Å². The first-order valence-corrected chi connectivity index (χ1v) is 8.86. The first kappa shape index (κ1) is 19.2. The second kappa shape index (κ2) is 8.81. The average molecular weight is 343 g/mol. The largest absolute Gasteiger partial charge is 0.361 e. The Balaban J connectivity index is 1.90. The molecule has 1 aromatic heterocycles. The number of carbonyl (C=O) groups excluding carboxylic acids is 1. The van der Waals surface area contributed by atoms with Crippen molar-refractivity contribution in [1.82, 2.24) is 15.4 Å². The van der Waals surface area contributed by atoms with Gasteiger partial charge in [-0.15, -0.1) is 0 Å². The minimum absolute atomic E-state index is 0.0528. The van der Waals surface area contributed by atoms with E-state index in [9.17, 15) is 4.79 Å². The second-order valence-corrected chi connectivity index (χ2v) is 6.68. The molecular formula is C20H29N3O2. The van der Waals surface area contributed by atoms with Crippen LogP contribution in [-0.2, 0) is 17.6 Å². The molecule has 0 fully saturated rings. The summed E-state index contributed by atoms with van der Waals surface area (Å²) in [7, 11) is 4.07. The van der Waals surface area contributed by atoms with Gasteiger partial charge in [0.2, 0.25) is 5.91 Å². The summed E-state index contributed by atoms with van der Waals surface area (Å²) < 4.78 is 5.15. The molecule has 0 bridgehead atoms. The van der Waals surface area contributed by atoms with Gasteiger partial charge in [-0.25, -0.2) is 0 Å². The first-order chi connectivity index (χ1) is 11.9. The Labute approximate surface area is 150 Å². The van der Waals surface area contributed by atoms with Crippen molar-refractivity contribution in [2.45, 2.75) is 46.1 Å². The van der Waals surface area contributed by atoms with Crippen LogP contribution in [-0.4, -0.2) is 36.6 Å². The average Bonchev–Trinajstić information content (AvgIpc) is 2.91. The van der Waals surface area contributed by atoms with Gasteiger partial charge in [0.1, 0.15) is 5.76 Å². The van der Waals surface area contributed by atoms with Crippen molar-refractivity contribution in [2.75, 3.05) is 20.6 Å². The van der Waals surface area contributed by atoms with E-state index in [0.717, 1.165) is 23.4 Å². The first-order valence-electron chi connectivity index (χ1n) is 8.86. The Kier molecular flexibility index (Phi) is 6.76. The Hall–Kier alpha value is -2.14. The van der Waals surface area contributed by atoms with Crippen LogP contribution in [0.2, 0.25) is 0 Å². The van der Waals surface area contributed by atoms with Crippen LogP contribution in [0.1, 0.15) is 47.5 Å². The predicted octanol–water partition coefficient (Wildman–Crippen LogP) is 3.21. The summed E-state index contributed by atoms with van der Waals surface area (Å²) in [5.41, 5.74) is 4.44. The Morgan fingerprint density at radius 1 is 1.24 bits per heavy atom. The highest BCUT2D eigenvalue weighted by molar-refractivity contribution is 5.76. The molecule has 1 aromatic carbocycles. The van der Waals surface area contributed by atoms with Gasteiger partial charge >= 0.3 is 0 Å². The molecule has 0 aliphatic carbocycles. The molecule has 136 valence electrons. The Bertz CT molecular complexity index is 670. The van der Waals surface area contributed by atoms with Crippen molar-refractivity contribution in [3.05, 3.63) is 52.4 Å². The highest BCUT2D eigenvalue weighted by atomic mass is 16.5. The molecule has 0 aliphatic rings. The minimum atomic E-state index is 0.0528. The van der Waals surface area contributed by atoms with E-state index in [2.05, 4.69) is 46.6 Å². The van der Waals surface area contributed by atoms with Crippen LogP contribution in [0.3, 0.4) is 0 Å². The van der Waals surface area contributed by atoms with Gasteiger partial charge in [-0.05, 0) is 51.9 Å². The fourth-order valence-corrected chi connectivity index (χ4v) is 2.97. The van der Waals surface area contributed by atoms with Gasteiger partial charge in [-0.1, -0.05) is 36.3 Å². The lowest BCUT2D eigenvalue weighted by atomic mass is 10.0. The molecule has 2 aromatic rings. The van der Waals surface area contributed by atoms with Gasteiger partial charge in [0.05, 0.1) is 11.7 Å². The van der Waals surface area contributed by atoms with E-state index in [1.54, 1.807) is 0 Å². The summed E-state index contributed by atoms with van der Waals surface area (Å²) in [5.74, 6) is 0.851. The smallest absolute Gasteiger partial charge is 0.220 e. The number of hydrogen-bond donors (Lipinski definition) is 1. The summed E-state index contributed by atoms with van der Waals surface area (Å²) in [6, 6.07) is 8.78. The standard InChI is InChI=1S/C20H29N3O2/c1-6-16-7-9-17(10-8-16)19(23(4)5)13-21-20(24)12-11-18-14(2)22-25-15(18)3/h7-10,19H,6,11-13H2,1-5H3,(H,21,24). The van der Waals surface area contributed by atoms with E-state index < -0.39 is 0 Å². The van der Waals surface area contributed by atoms with Gasteiger partial charge in [-0.3, -0.25) is 4.79 Å². The molecule has 1 atom stereocenters. The van der Waals surface area contributed by atoms with Crippen LogP contribution in [0.5, 0.6) is 0 Å². The van der Waals surface area contributed by atoms with Crippen LogP contribution in [0, 0.1) is 13.8 Å². The van der Waals surface area contributed by atoms with Crippen molar-refractivity contribution < 1.29 is 9.32 Å². The van der Waals surface area contributed by atoms with Crippen LogP contribution in [0.15, 0.2) is 28.8 Å². The maximum absolute atomic E-state index is 12.2. The fraction of sp³-hybridized carbons (Fsp3) is 0.500. The lowest BCUT2D eigenvalue weighted by Crippen LogP contribution is -2.34. The Morgan fingerprint density at radius 2 is 1.92 bits per heavy atom. The molecule has 0 saturated carbocycles. The number of rotatable bonds is 8. The molecule has 2 rings (SSSR count). The van der Waals surface area contributed by atoms with Gasteiger partial charge in [0.25, 0.3) is 0 Å². The number of carbonyl (C=O) groups is 1. The van der Waals surface area contributed by atoms with Crippen LogP contribution < -0.4 is 5.32 Å². The number of amides is 1. The zero-order chi connectivity index (χ0) is 18.4. The maximum Gasteiger partial charge on any atom is 0.220 e. The van der Waals surface area contributed by atoms with Gasteiger partial charge in [-0.2, -0.15) is 0 Å². The number of hydrogen-bond acceptors (Lipinski definition) is 4. The summed E-state index contributed by atoms with van der Waals surface area (Å²) >= 11 is 0. The van der Waals surface area contributed by atoms with E-state index in [-0.39, 0.29) is 11.9 Å². The zero-order valence-electron chi connectivity index (χ0n) is 15.9. The molecule has 25 heavy (non-hydrogen) atoms. The van der Waals surface area contributed by atoms with E-state index >= 15 is 0 Å². The predicted molar refractivity (Wildman–Crippen MR) is 99.6 cm³/mol. The summed E-state index contributed by atoms with van der Waals surface area (Å²) in [5, 5.41) is 6.99. The number of benzene rings is 1. The molecule has 5 nitrogen and oxygen atoms in total. The highest BCUT2D eigenvalue weighted by Gasteiger charge is 2.16. The molecule has 0 saturated heterocycles. The second-order valence-electron chi connectivity index (χ2n) is 6.68. The lowest BCUT2D eigenvalue weighted by molar-refractivity contribution is -0.121. The molecule has 1 N–H and O–H groups in total. The van der Waals surface area contributed by atoms with Crippen molar-refractivity contribution in [3.63, 3.8) is 0 Å². The molecule has 0 radical (unpaired) electrons. The van der Waals surface area contributed by atoms with E-state index in [0.29, 0.717) is 19.4 Å². The molecule has 1 unspecified atom stereocenters. The topological polar surface area (TPSA) is 58.4 Å².